The number of aromatic amines is 1. The molecule has 4 heteroatoms. The minimum Gasteiger partial charge on any atom is -0.483 e. The van der Waals surface area contributed by atoms with Gasteiger partial charge in [-0.1, -0.05) is 30.3 Å². The number of nitrogens with zero attached hydrogens (tertiary/aromatic N) is 1. The van der Waals surface area contributed by atoms with E-state index in [0.29, 0.717) is 6.04 Å². The van der Waals surface area contributed by atoms with Gasteiger partial charge in [0.1, 0.15) is 11.9 Å². The van der Waals surface area contributed by atoms with Gasteiger partial charge in [0.25, 0.3) is 0 Å². The number of H-pyrrole nitrogens is 1. The largest absolute Gasteiger partial charge is 0.483 e. The number of nitrogens with one attached hydrogen (secondary N) is 1. The van der Waals surface area contributed by atoms with E-state index in [1.165, 1.54) is 16.5 Å². The summed E-state index contributed by atoms with van der Waals surface area (Å²) in [4.78, 5) is 5.98. The zero-order valence-electron chi connectivity index (χ0n) is 15.8. The van der Waals surface area contributed by atoms with Crippen LogP contribution in [0.3, 0.4) is 0 Å². The Labute approximate surface area is 160 Å². The van der Waals surface area contributed by atoms with Crippen LogP contribution >= 0.6 is 0 Å². The average molecular weight is 362 g/mol. The highest BCUT2D eigenvalue weighted by Gasteiger charge is 2.36. The number of hydrogen-bond acceptors (Lipinski definition) is 3. The van der Waals surface area contributed by atoms with Gasteiger partial charge in [-0.15, -0.1) is 0 Å². The second-order valence-corrected chi connectivity index (χ2v) is 7.66. The van der Waals surface area contributed by atoms with E-state index in [9.17, 15) is 0 Å². The second kappa shape index (κ2) is 7.02. The van der Waals surface area contributed by atoms with Crippen molar-refractivity contribution in [2.24, 2.45) is 0 Å². The number of aryl methyl sites for hydroxylation is 2. The maximum atomic E-state index is 6.77. The maximum absolute atomic E-state index is 6.77. The first kappa shape index (κ1) is 16.8. The predicted molar refractivity (Wildman–Crippen MR) is 107 cm³/mol. The summed E-state index contributed by atoms with van der Waals surface area (Å²) in [5.74, 6) is 0.969. The smallest absolute Gasteiger partial charge is 0.139 e. The molecule has 2 aromatic carbocycles. The van der Waals surface area contributed by atoms with Gasteiger partial charge in [0.2, 0.25) is 0 Å². The molecule has 2 aliphatic rings. The number of hydrogen-bond donors (Lipinski definition) is 1. The Kier molecular flexibility index (Phi) is 4.38. The van der Waals surface area contributed by atoms with Crippen molar-refractivity contribution < 1.29 is 9.47 Å². The number of rotatable bonds is 3. The Morgan fingerprint density at radius 2 is 1.93 bits per heavy atom. The number of fused-ring (bicyclic) bond motifs is 2. The summed E-state index contributed by atoms with van der Waals surface area (Å²) in [7, 11) is 0. The zero-order valence-corrected chi connectivity index (χ0v) is 15.8. The van der Waals surface area contributed by atoms with E-state index in [0.717, 1.165) is 56.1 Å². The lowest BCUT2D eigenvalue weighted by Gasteiger charge is -2.42. The Hall–Kier alpha value is -2.30. The van der Waals surface area contributed by atoms with Gasteiger partial charge >= 0.3 is 0 Å². The van der Waals surface area contributed by atoms with Crippen molar-refractivity contribution in [2.45, 2.75) is 31.9 Å². The summed E-state index contributed by atoms with van der Waals surface area (Å²) >= 11 is 0. The molecule has 1 aliphatic carbocycles. The summed E-state index contributed by atoms with van der Waals surface area (Å²) in [6.45, 7) is 5.70. The summed E-state index contributed by atoms with van der Waals surface area (Å²) in [5, 5.41) is 1.17. The molecule has 1 fully saturated rings. The third-order valence-corrected chi connectivity index (χ3v) is 5.95. The van der Waals surface area contributed by atoms with Crippen LogP contribution in [0.2, 0.25) is 0 Å². The molecule has 1 N–H and O–H groups in total. The molecule has 4 nitrogen and oxygen atoms in total. The molecule has 1 aromatic heterocycles. The van der Waals surface area contributed by atoms with Crippen LogP contribution in [0.1, 0.15) is 29.3 Å². The van der Waals surface area contributed by atoms with E-state index in [-0.39, 0.29) is 6.10 Å². The Balaban J connectivity index is 1.54. The van der Waals surface area contributed by atoms with E-state index in [2.05, 4.69) is 65.3 Å². The number of benzene rings is 2. The first-order chi connectivity index (χ1) is 13.3. The van der Waals surface area contributed by atoms with Crippen LogP contribution in [0.15, 0.2) is 48.5 Å². The first-order valence-corrected chi connectivity index (χ1v) is 9.94. The first-order valence-electron chi connectivity index (χ1n) is 9.94. The van der Waals surface area contributed by atoms with Crippen molar-refractivity contribution >= 4 is 10.9 Å². The molecule has 27 heavy (non-hydrogen) atoms. The quantitative estimate of drug-likeness (QED) is 0.757. The topological polar surface area (TPSA) is 37.5 Å². The predicted octanol–water partition coefficient (Wildman–Crippen LogP) is 4.24. The third kappa shape index (κ3) is 3.13. The molecule has 0 radical (unpaired) electrons. The van der Waals surface area contributed by atoms with Crippen LogP contribution in [0, 0.1) is 6.92 Å². The van der Waals surface area contributed by atoms with Crippen molar-refractivity contribution in [1.82, 2.24) is 9.88 Å². The molecule has 5 rings (SSSR count). The molecule has 0 spiro atoms. The molecule has 0 amide bonds. The molecule has 1 aliphatic heterocycles. The molecule has 1 saturated heterocycles. The van der Waals surface area contributed by atoms with Gasteiger partial charge in [-0.25, -0.2) is 0 Å². The fraction of sp³-hybridized carbons (Fsp3) is 0.391. The minimum absolute atomic E-state index is 0.0499. The van der Waals surface area contributed by atoms with E-state index in [1.54, 1.807) is 0 Å². The van der Waals surface area contributed by atoms with E-state index >= 15 is 0 Å². The Morgan fingerprint density at radius 1 is 1.07 bits per heavy atom. The summed E-state index contributed by atoms with van der Waals surface area (Å²) in [6.07, 6.45) is 2.30. The van der Waals surface area contributed by atoms with Crippen molar-refractivity contribution in [2.75, 3.05) is 26.3 Å². The maximum Gasteiger partial charge on any atom is 0.139 e. The Morgan fingerprint density at radius 3 is 2.81 bits per heavy atom. The van der Waals surface area contributed by atoms with Gasteiger partial charge in [-0.3, -0.25) is 4.90 Å². The van der Waals surface area contributed by atoms with Crippen LogP contribution < -0.4 is 4.74 Å². The SMILES string of the molecule is Cc1cc2c(O[C@H]3c4ccccc4CC[C@@H]3N3CCOCC3)cccc2[nH]1. The lowest BCUT2D eigenvalue weighted by atomic mass is 9.84. The van der Waals surface area contributed by atoms with Crippen LogP contribution in [-0.4, -0.2) is 42.2 Å². The highest BCUT2D eigenvalue weighted by atomic mass is 16.5. The zero-order chi connectivity index (χ0) is 18.2. The van der Waals surface area contributed by atoms with Gasteiger partial charge in [0, 0.05) is 29.7 Å². The van der Waals surface area contributed by atoms with Crippen LogP contribution in [0.25, 0.3) is 10.9 Å². The number of aromatic nitrogens is 1. The fourth-order valence-corrected chi connectivity index (χ4v) is 4.63. The van der Waals surface area contributed by atoms with E-state index in [1.807, 2.05) is 0 Å². The molecular weight excluding hydrogens is 336 g/mol. The lowest BCUT2D eigenvalue weighted by Crippen LogP contribution is -2.49. The molecule has 3 aromatic rings. The van der Waals surface area contributed by atoms with Crippen molar-refractivity contribution in [3.8, 4) is 5.75 Å². The van der Waals surface area contributed by atoms with Gasteiger partial charge < -0.3 is 14.5 Å². The fourth-order valence-electron chi connectivity index (χ4n) is 4.63. The standard InChI is InChI=1S/C23H26N2O2/c1-16-15-19-20(24-16)7-4-8-22(19)27-23-18-6-3-2-5-17(18)9-10-21(23)25-11-13-26-14-12-25/h2-8,15,21,23-24H,9-14H2,1H3/t21-,23-/m0/s1. The van der Waals surface area contributed by atoms with E-state index < -0.39 is 0 Å². The molecule has 0 unspecified atom stereocenters. The van der Waals surface area contributed by atoms with Gasteiger partial charge in [-0.2, -0.15) is 0 Å². The monoisotopic (exact) mass is 362 g/mol. The van der Waals surface area contributed by atoms with Crippen molar-refractivity contribution in [3.63, 3.8) is 0 Å². The molecule has 140 valence electrons. The van der Waals surface area contributed by atoms with Crippen LogP contribution in [-0.2, 0) is 11.2 Å². The second-order valence-electron chi connectivity index (χ2n) is 7.66. The highest BCUT2D eigenvalue weighted by Crippen LogP contribution is 2.39. The summed E-state index contributed by atoms with van der Waals surface area (Å²) in [6, 6.07) is 17.6. The van der Waals surface area contributed by atoms with Crippen LogP contribution in [0.5, 0.6) is 5.75 Å². The van der Waals surface area contributed by atoms with Gasteiger partial charge in [-0.05, 0) is 49.1 Å². The Bertz CT molecular complexity index is 942. The van der Waals surface area contributed by atoms with Crippen molar-refractivity contribution in [1.29, 1.82) is 0 Å². The van der Waals surface area contributed by atoms with Gasteiger partial charge in [0.15, 0.2) is 0 Å². The van der Waals surface area contributed by atoms with E-state index in [4.69, 9.17) is 9.47 Å². The summed E-state index contributed by atoms with van der Waals surface area (Å²) in [5.41, 5.74) is 5.06. The normalized spacial score (nSPS) is 23.3. The molecular formula is C23H26N2O2. The number of morpholine rings is 1. The minimum atomic E-state index is 0.0499. The lowest BCUT2D eigenvalue weighted by molar-refractivity contribution is -0.0211. The molecule has 0 bridgehead atoms. The van der Waals surface area contributed by atoms with Crippen LogP contribution in [0.4, 0.5) is 0 Å². The highest BCUT2D eigenvalue weighted by molar-refractivity contribution is 5.86. The molecule has 2 atom stereocenters. The average Bonchev–Trinajstić information content (AvgIpc) is 3.10. The summed E-state index contributed by atoms with van der Waals surface area (Å²) < 4.78 is 12.4. The molecule has 0 saturated carbocycles. The third-order valence-electron chi connectivity index (χ3n) is 5.95. The number of ether oxygens (including phenoxy) is 2. The van der Waals surface area contributed by atoms with Gasteiger partial charge in [0.05, 0.1) is 19.3 Å². The van der Waals surface area contributed by atoms with Crippen molar-refractivity contribution in [3.05, 3.63) is 65.4 Å². The molecule has 2 heterocycles.